The molecule has 0 aliphatic carbocycles. The first kappa shape index (κ1) is 18.1. The van der Waals surface area contributed by atoms with Gasteiger partial charge in [0.05, 0.1) is 24.7 Å². The monoisotopic (exact) mass is 347 g/mol. The Hall–Kier alpha value is -2.27. The Bertz CT molecular complexity index is 702. The van der Waals surface area contributed by atoms with E-state index in [1.807, 2.05) is 19.1 Å². The van der Waals surface area contributed by atoms with Crippen LogP contribution in [-0.4, -0.2) is 18.0 Å². The van der Waals surface area contributed by atoms with E-state index in [2.05, 4.69) is 22.5 Å². The van der Waals surface area contributed by atoms with Gasteiger partial charge in [0.15, 0.2) is 0 Å². The lowest BCUT2D eigenvalue weighted by molar-refractivity contribution is -0.116. The maximum Gasteiger partial charge on any atom is 0.224 e. The van der Waals surface area contributed by atoms with Gasteiger partial charge in [-0.25, -0.2) is 4.98 Å². The number of carbonyl (C=O) groups excluding carboxylic acids is 1. The van der Waals surface area contributed by atoms with Crippen LogP contribution in [0.2, 0.25) is 5.02 Å². The van der Waals surface area contributed by atoms with Crippen molar-refractivity contribution in [3.8, 4) is 5.75 Å². The van der Waals surface area contributed by atoms with Crippen molar-refractivity contribution < 1.29 is 9.53 Å². The number of rotatable bonds is 7. The van der Waals surface area contributed by atoms with E-state index in [1.54, 1.807) is 25.4 Å². The number of hydrogen-bond acceptors (Lipinski definition) is 4. The highest BCUT2D eigenvalue weighted by Crippen LogP contribution is 2.32. The van der Waals surface area contributed by atoms with E-state index < -0.39 is 0 Å². The summed E-state index contributed by atoms with van der Waals surface area (Å²) in [5.41, 5.74) is 2.41. The van der Waals surface area contributed by atoms with E-state index in [-0.39, 0.29) is 5.91 Å². The van der Waals surface area contributed by atoms with Crippen LogP contribution < -0.4 is 15.4 Å². The molecule has 24 heavy (non-hydrogen) atoms. The molecular weight excluding hydrogens is 326 g/mol. The lowest BCUT2D eigenvalue weighted by atomic mass is 10.2. The highest BCUT2D eigenvalue weighted by atomic mass is 35.5. The van der Waals surface area contributed by atoms with E-state index in [1.165, 1.54) is 0 Å². The molecule has 1 amide bonds. The summed E-state index contributed by atoms with van der Waals surface area (Å²) in [5.74, 6) is 1.31. The molecule has 0 spiro atoms. The van der Waals surface area contributed by atoms with E-state index in [0.717, 1.165) is 24.1 Å². The molecule has 2 rings (SSSR count). The third-order valence-electron chi connectivity index (χ3n) is 3.55. The molecule has 1 heterocycles. The van der Waals surface area contributed by atoms with Crippen LogP contribution in [0.1, 0.15) is 31.7 Å². The maximum atomic E-state index is 11.7. The fraction of sp³-hybridized carbons (Fsp3) is 0.333. The molecule has 0 saturated heterocycles. The Morgan fingerprint density at radius 1 is 1.33 bits per heavy atom. The minimum Gasteiger partial charge on any atom is -0.495 e. The molecule has 0 aliphatic rings. The number of unbranched alkanes of at least 4 members (excludes halogenated alkanes) is 1. The molecule has 0 saturated carbocycles. The summed E-state index contributed by atoms with van der Waals surface area (Å²) in [6.07, 6.45) is 4.03. The summed E-state index contributed by atoms with van der Waals surface area (Å²) in [4.78, 5) is 16.0. The number of benzene rings is 1. The van der Waals surface area contributed by atoms with Crippen LogP contribution in [0, 0.1) is 6.92 Å². The van der Waals surface area contributed by atoms with Gasteiger partial charge in [-0.3, -0.25) is 4.79 Å². The molecule has 5 nitrogen and oxygen atoms in total. The largest absolute Gasteiger partial charge is 0.495 e. The fourth-order valence-electron chi connectivity index (χ4n) is 2.17. The van der Waals surface area contributed by atoms with Crippen molar-refractivity contribution in [3.63, 3.8) is 0 Å². The van der Waals surface area contributed by atoms with Gasteiger partial charge < -0.3 is 15.4 Å². The number of ether oxygens (including phenoxy) is 1. The summed E-state index contributed by atoms with van der Waals surface area (Å²) in [7, 11) is 1.59. The van der Waals surface area contributed by atoms with E-state index in [4.69, 9.17) is 16.3 Å². The highest BCUT2D eigenvalue weighted by molar-refractivity contribution is 6.31. The minimum absolute atomic E-state index is 0.00866. The number of carbonyl (C=O) groups is 1. The van der Waals surface area contributed by atoms with Crippen molar-refractivity contribution in [2.24, 2.45) is 0 Å². The number of nitrogens with one attached hydrogen (secondary N) is 2. The van der Waals surface area contributed by atoms with Gasteiger partial charge in [-0.15, -0.1) is 0 Å². The first-order valence-corrected chi connectivity index (χ1v) is 8.28. The zero-order valence-electron chi connectivity index (χ0n) is 14.1. The molecule has 2 N–H and O–H groups in total. The molecular formula is C18H22ClN3O2. The summed E-state index contributed by atoms with van der Waals surface area (Å²) < 4.78 is 5.34. The number of halogens is 1. The second-order valence-corrected chi connectivity index (χ2v) is 5.92. The Balaban J connectivity index is 2.07. The van der Waals surface area contributed by atoms with Crippen molar-refractivity contribution in [1.82, 2.24) is 4.98 Å². The van der Waals surface area contributed by atoms with Gasteiger partial charge in [0.1, 0.15) is 11.6 Å². The Morgan fingerprint density at radius 2 is 2.12 bits per heavy atom. The van der Waals surface area contributed by atoms with Crippen molar-refractivity contribution in [2.45, 2.75) is 33.1 Å². The lowest BCUT2D eigenvalue weighted by Gasteiger charge is -2.13. The minimum atomic E-state index is 0.00866. The van der Waals surface area contributed by atoms with Gasteiger partial charge in [-0.1, -0.05) is 24.9 Å². The zero-order valence-corrected chi connectivity index (χ0v) is 14.9. The number of methoxy groups -OCH3 is 1. The molecule has 6 heteroatoms. The zero-order chi connectivity index (χ0) is 17.5. The lowest BCUT2D eigenvalue weighted by Crippen LogP contribution is -2.11. The third-order valence-corrected chi connectivity index (χ3v) is 3.96. The van der Waals surface area contributed by atoms with Crippen molar-refractivity contribution >= 4 is 34.7 Å². The third kappa shape index (κ3) is 4.86. The quantitative estimate of drug-likeness (QED) is 0.745. The first-order chi connectivity index (χ1) is 11.5. The second kappa shape index (κ2) is 8.55. The molecule has 0 atom stereocenters. The van der Waals surface area contributed by atoms with Crippen LogP contribution in [0.25, 0.3) is 0 Å². The summed E-state index contributed by atoms with van der Waals surface area (Å²) >= 11 is 6.11. The van der Waals surface area contributed by atoms with E-state index in [9.17, 15) is 4.79 Å². The number of hydrogen-bond donors (Lipinski definition) is 2. The normalized spacial score (nSPS) is 10.3. The number of aryl methyl sites for hydroxylation is 1. The number of amides is 1. The maximum absolute atomic E-state index is 11.7. The smallest absolute Gasteiger partial charge is 0.224 e. The number of anilines is 3. The molecule has 0 aliphatic heterocycles. The van der Waals surface area contributed by atoms with Gasteiger partial charge in [0, 0.05) is 17.5 Å². The molecule has 1 aromatic carbocycles. The fourth-order valence-corrected chi connectivity index (χ4v) is 2.32. The second-order valence-electron chi connectivity index (χ2n) is 5.51. The van der Waals surface area contributed by atoms with Gasteiger partial charge in [0.25, 0.3) is 0 Å². The standard InChI is InChI=1S/C18H22ClN3O2/c1-4-5-6-18(23)21-13-7-8-17(20-11-13)22-15-9-12(2)14(19)10-16(15)24-3/h7-11H,4-6H2,1-3H3,(H,20,22)(H,21,23). The Morgan fingerprint density at radius 3 is 2.75 bits per heavy atom. The van der Waals surface area contributed by atoms with Gasteiger partial charge in [0.2, 0.25) is 5.91 Å². The summed E-state index contributed by atoms with van der Waals surface area (Å²) in [6, 6.07) is 7.29. The average Bonchev–Trinajstić information content (AvgIpc) is 2.57. The van der Waals surface area contributed by atoms with Crippen LogP contribution in [0.5, 0.6) is 5.75 Å². The van der Waals surface area contributed by atoms with E-state index >= 15 is 0 Å². The molecule has 0 fully saturated rings. The van der Waals surface area contributed by atoms with Crippen LogP contribution in [0.15, 0.2) is 30.5 Å². The Kier molecular flexibility index (Phi) is 6.44. The predicted molar refractivity (Wildman–Crippen MR) is 98.4 cm³/mol. The van der Waals surface area contributed by atoms with Crippen molar-refractivity contribution in [3.05, 3.63) is 41.0 Å². The number of aromatic nitrogens is 1. The predicted octanol–water partition coefficient (Wildman–Crippen LogP) is 4.92. The first-order valence-electron chi connectivity index (χ1n) is 7.90. The molecule has 2 aromatic rings. The highest BCUT2D eigenvalue weighted by Gasteiger charge is 2.08. The topological polar surface area (TPSA) is 63.2 Å². The summed E-state index contributed by atoms with van der Waals surface area (Å²) in [6.45, 7) is 3.98. The van der Waals surface area contributed by atoms with Crippen LogP contribution in [0.3, 0.4) is 0 Å². The van der Waals surface area contributed by atoms with Gasteiger partial charge in [-0.2, -0.15) is 0 Å². The SMILES string of the molecule is CCCCC(=O)Nc1ccc(Nc2cc(C)c(Cl)cc2OC)nc1. The molecule has 128 valence electrons. The Labute approximate surface area is 147 Å². The molecule has 0 unspecified atom stereocenters. The molecule has 0 bridgehead atoms. The van der Waals surface area contributed by atoms with Crippen molar-refractivity contribution in [2.75, 3.05) is 17.7 Å². The molecule has 0 radical (unpaired) electrons. The average molecular weight is 348 g/mol. The summed E-state index contributed by atoms with van der Waals surface area (Å²) in [5, 5.41) is 6.68. The number of pyridine rings is 1. The van der Waals surface area contributed by atoms with E-state index in [0.29, 0.717) is 28.7 Å². The van der Waals surface area contributed by atoms with Crippen LogP contribution in [-0.2, 0) is 4.79 Å². The van der Waals surface area contributed by atoms with Crippen LogP contribution >= 0.6 is 11.6 Å². The van der Waals surface area contributed by atoms with Crippen LogP contribution in [0.4, 0.5) is 17.2 Å². The molecule has 1 aromatic heterocycles. The van der Waals surface area contributed by atoms with Gasteiger partial charge in [-0.05, 0) is 37.1 Å². The van der Waals surface area contributed by atoms with Crippen molar-refractivity contribution in [1.29, 1.82) is 0 Å². The van der Waals surface area contributed by atoms with Gasteiger partial charge >= 0.3 is 0 Å². The number of nitrogens with zero attached hydrogens (tertiary/aromatic N) is 1.